The lowest BCUT2D eigenvalue weighted by atomic mass is 10.1. The van der Waals surface area contributed by atoms with E-state index in [1.807, 2.05) is 33.0 Å². The van der Waals surface area contributed by atoms with Gasteiger partial charge in [-0.1, -0.05) is 12.1 Å². The highest BCUT2D eigenvalue weighted by Gasteiger charge is 2.19. The summed E-state index contributed by atoms with van der Waals surface area (Å²) in [6.45, 7) is 5.61. The van der Waals surface area contributed by atoms with Gasteiger partial charge in [0.15, 0.2) is 0 Å². The lowest BCUT2D eigenvalue weighted by Crippen LogP contribution is -2.28. The molecule has 1 heterocycles. The Kier molecular flexibility index (Phi) is 5.66. The van der Waals surface area contributed by atoms with Gasteiger partial charge in [-0.2, -0.15) is 5.10 Å². The van der Waals surface area contributed by atoms with Gasteiger partial charge in [0.1, 0.15) is 0 Å². The highest BCUT2D eigenvalue weighted by atomic mass is 32.2. The highest BCUT2D eigenvalue weighted by Crippen LogP contribution is 2.27. The van der Waals surface area contributed by atoms with E-state index in [1.54, 1.807) is 29.9 Å². The van der Waals surface area contributed by atoms with Gasteiger partial charge in [-0.3, -0.25) is 14.3 Å². The third kappa shape index (κ3) is 3.97. The first-order valence-electron chi connectivity index (χ1n) is 7.65. The Balaban J connectivity index is 2.18. The molecule has 0 saturated carbocycles. The van der Waals surface area contributed by atoms with Crippen molar-refractivity contribution in [3.63, 3.8) is 0 Å². The van der Waals surface area contributed by atoms with E-state index in [0.717, 1.165) is 16.2 Å². The number of aromatic nitrogens is 2. The lowest BCUT2D eigenvalue weighted by molar-refractivity contribution is -0.117. The molecule has 2 aromatic rings. The summed E-state index contributed by atoms with van der Waals surface area (Å²) in [6.07, 6.45) is 1.76. The number of nitrogens with one attached hydrogen (secondary N) is 1. The minimum atomic E-state index is -0.408. The summed E-state index contributed by atoms with van der Waals surface area (Å²) >= 11 is 1.28. The van der Waals surface area contributed by atoms with Crippen LogP contribution in [0.4, 0.5) is 0 Å². The number of hydrogen-bond donors (Lipinski definition) is 2. The molecule has 0 fully saturated rings. The largest absolute Gasteiger partial charge is 0.369 e. The van der Waals surface area contributed by atoms with Crippen molar-refractivity contribution in [1.82, 2.24) is 15.1 Å². The van der Waals surface area contributed by atoms with E-state index in [4.69, 9.17) is 5.73 Å². The molecule has 2 amide bonds. The summed E-state index contributed by atoms with van der Waals surface area (Å²) in [7, 11) is 1.87. The molecule has 2 atom stereocenters. The first-order chi connectivity index (χ1) is 11.3. The van der Waals surface area contributed by atoms with Crippen molar-refractivity contribution in [3.05, 3.63) is 47.3 Å². The first-order valence-corrected chi connectivity index (χ1v) is 8.53. The molecule has 2 rings (SSSR count). The van der Waals surface area contributed by atoms with Crippen LogP contribution in [0.5, 0.6) is 0 Å². The first kappa shape index (κ1) is 18.1. The summed E-state index contributed by atoms with van der Waals surface area (Å²) in [5.74, 6) is -0.597. The molecule has 0 aliphatic heterocycles. The van der Waals surface area contributed by atoms with E-state index in [1.165, 1.54) is 11.8 Å². The van der Waals surface area contributed by atoms with Crippen LogP contribution in [0.25, 0.3) is 0 Å². The Morgan fingerprint density at radius 2 is 1.96 bits per heavy atom. The zero-order valence-electron chi connectivity index (χ0n) is 14.2. The molecule has 1 aromatic carbocycles. The fourth-order valence-corrected chi connectivity index (χ4v) is 3.24. The van der Waals surface area contributed by atoms with Gasteiger partial charge in [0.25, 0.3) is 5.91 Å². The van der Waals surface area contributed by atoms with Gasteiger partial charge in [-0.25, -0.2) is 0 Å². The molecule has 0 spiro atoms. The van der Waals surface area contributed by atoms with Gasteiger partial charge in [-0.15, -0.1) is 11.8 Å². The van der Waals surface area contributed by atoms with E-state index in [9.17, 15) is 9.59 Å². The van der Waals surface area contributed by atoms with Crippen LogP contribution in [0.2, 0.25) is 0 Å². The van der Waals surface area contributed by atoms with Crippen molar-refractivity contribution in [2.45, 2.75) is 37.0 Å². The second kappa shape index (κ2) is 7.53. The Bertz CT molecular complexity index is 757. The number of nitrogens with zero attached hydrogens (tertiary/aromatic N) is 2. The van der Waals surface area contributed by atoms with E-state index in [0.29, 0.717) is 5.56 Å². The Hall–Kier alpha value is -2.28. The summed E-state index contributed by atoms with van der Waals surface area (Å²) in [5, 5.41) is 6.79. The number of hydrogen-bond acceptors (Lipinski definition) is 4. The summed E-state index contributed by atoms with van der Waals surface area (Å²) in [5.41, 5.74) is 7.83. The molecule has 0 bridgehead atoms. The molecule has 7 heteroatoms. The number of rotatable bonds is 6. The summed E-state index contributed by atoms with van der Waals surface area (Å²) in [6, 6.07) is 7.03. The van der Waals surface area contributed by atoms with Gasteiger partial charge in [-0.05, 0) is 32.9 Å². The summed E-state index contributed by atoms with van der Waals surface area (Å²) in [4.78, 5) is 24.7. The number of carbonyl (C=O) groups excluding carboxylic acids is 2. The summed E-state index contributed by atoms with van der Waals surface area (Å²) < 4.78 is 1.77. The predicted octanol–water partition coefficient (Wildman–Crippen LogP) is 2.19. The molecule has 3 N–H and O–H groups in total. The van der Waals surface area contributed by atoms with E-state index < -0.39 is 11.2 Å². The van der Waals surface area contributed by atoms with E-state index in [2.05, 4.69) is 10.4 Å². The topological polar surface area (TPSA) is 90.0 Å². The number of amides is 2. The normalized spacial score (nSPS) is 13.3. The average Bonchev–Trinajstić information content (AvgIpc) is 2.87. The molecule has 0 radical (unpaired) electrons. The predicted molar refractivity (Wildman–Crippen MR) is 94.8 cm³/mol. The van der Waals surface area contributed by atoms with E-state index >= 15 is 0 Å². The zero-order chi connectivity index (χ0) is 17.9. The number of thioether (sulfide) groups is 1. The van der Waals surface area contributed by atoms with Crippen molar-refractivity contribution in [3.8, 4) is 0 Å². The average molecular weight is 346 g/mol. The fourth-order valence-electron chi connectivity index (χ4n) is 2.30. The fraction of sp³-hybridized carbons (Fsp3) is 0.353. The van der Waals surface area contributed by atoms with Gasteiger partial charge in [0.05, 0.1) is 23.1 Å². The van der Waals surface area contributed by atoms with Crippen LogP contribution in [-0.4, -0.2) is 26.8 Å². The molecule has 1 aromatic heterocycles. The van der Waals surface area contributed by atoms with Gasteiger partial charge in [0, 0.05) is 23.2 Å². The second-order valence-electron chi connectivity index (χ2n) is 5.66. The van der Waals surface area contributed by atoms with Crippen LogP contribution in [0.3, 0.4) is 0 Å². The third-order valence-corrected chi connectivity index (χ3v) is 5.12. The molecule has 24 heavy (non-hydrogen) atoms. The van der Waals surface area contributed by atoms with Crippen molar-refractivity contribution < 1.29 is 9.59 Å². The van der Waals surface area contributed by atoms with Crippen LogP contribution in [0, 0.1) is 6.92 Å². The SMILES string of the molecule is Cc1c([C@@H](C)NC(=O)c2ccccc2S[C@@H](C)C(N)=O)cnn1C. The van der Waals surface area contributed by atoms with Crippen LogP contribution < -0.4 is 11.1 Å². The molecule has 0 aliphatic carbocycles. The number of benzene rings is 1. The highest BCUT2D eigenvalue weighted by molar-refractivity contribution is 8.00. The molecular formula is C17H22N4O2S. The van der Waals surface area contributed by atoms with E-state index in [-0.39, 0.29) is 11.9 Å². The molecule has 0 aliphatic rings. The van der Waals surface area contributed by atoms with Gasteiger partial charge >= 0.3 is 0 Å². The van der Waals surface area contributed by atoms with Crippen molar-refractivity contribution >= 4 is 23.6 Å². The molecule has 0 saturated heterocycles. The molecule has 6 nitrogen and oxygen atoms in total. The second-order valence-corrected chi connectivity index (χ2v) is 7.05. The van der Waals surface area contributed by atoms with Crippen molar-refractivity contribution in [1.29, 1.82) is 0 Å². The standard InChI is InChI=1S/C17H22N4O2S/c1-10(14-9-19-21(4)11(14)2)20-17(23)13-7-5-6-8-15(13)24-12(3)16(18)22/h5-10,12H,1-4H3,(H2,18,22)(H,20,23)/t10-,12+/m1/s1. The van der Waals surface area contributed by atoms with Crippen LogP contribution >= 0.6 is 11.8 Å². The Labute approximate surface area is 145 Å². The lowest BCUT2D eigenvalue weighted by Gasteiger charge is -2.16. The van der Waals surface area contributed by atoms with Crippen LogP contribution in [0.15, 0.2) is 35.4 Å². The number of aryl methyl sites for hydroxylation is 1. The molecule has 128 valence electrons. The third-order valence-electron chi connectivity index (χ3n) is 3.92. The number of primary amides is 1. The quantitative estimate of drug-likeness (QED) is 0.785. The minimum absolute atomic E-state index is 0.169. The maximum absolute atomic E-state index is 12.7. The monoisotopic (exact) mass is 346 g/mol. The van der Waals surface area contributed by atoms with Gasteiger partial charge < -0.3 is 11.1 Å². The molecule has 0 unspecified atom stereocenters. The minimum Gasteiger partial charge on any atom is -0.369 e. The van der Waals surface area contributed by atoms with Crippen LogP contribution in [0.1, 0.15) is 41.5 Å². The smallest absolute Gasteiger partial charge is 0.252 e. The van der Waals surface area contributed by atoms with Crippen molar-refractivity contribution in [2.75, 3.05) is 0 Å². The van der Waals surface area contributed by atoms with Gasteiger partial charge in [0.2, 0.25) is 5.91 Å². The molecular weight excluding hydrogens is 324 g/mol. The Morgan fingerprint density at radius 3 is 2.54 bits per heavy atom. The number of nitrogens with two attached hydrogens (primary N) is 1. The zero-order valence-corrected chi connectivity index (χ0v) is 15.1. The van der Waals surface area contributed by atoms with Crippen LogP contribution in [-0.2, 0) is 11.8 Å². The maximum atomic E-state index is 12.7. The number of carbonyl (C=O) groups is 2. The Morgan fingerprint density at radius 1 is 1.29 bits per heavy atom. The van der Waals surface area contributed by atoms with Crippen molar-refractivity contribution in [2.24, 2.45) is 12.8 Å². The maximum Gasteiger partial charge on any atom is 0.252 e.